The third kappa shape index (κ3) is 32.1. The highest BCUT2D eigenvalue weighted by atomic mass is 31.2. The standard InChI is InChI=1S/C47H86O17P2/c1-3-5-7-9-11-13-15-17-18-20-22-24-26-28-30-34-41(50)62-39(37-61-66(58,59)64-47-44(53)42(51)43(52)46(45(47)54)63-65(55,56)57)36-60-40(49)35-31-33-38(48)32-29-27-25-23-21-19-16-14-12-10-8-6-4-2/h19,21,25,27,29,32,38-39,42-48,51-54H,3-18,20,22-24,26,28,30-31,33-37H2,1-2H3,(H,58,59)(H2,55,56,57)/b21-19+,27-25+,32-29+/t38?,39-,42?,43?,44?,45?,46-,47+/m1/s1. The highest BCUT2D eigenvalue weighted by molar-refractivity contribution is 7.47. The summed E-state index contributed by atoms with van der Waals surface area (Å²) in [5.41, 5.74) is 0. The van der Waals surface area contributed by atoms with Crippen molar-refractivity contribution in [3.8, 4) is 0 Å². The lowest BCUT2D eigenvalue weighted by atomic mass is 9.85. The van der Waals surface area contributed by atoms with Crippen LogP contribution < -0.4 is 0 Å². The molecule has 1 aliphatic rings. The van der Waals surface area contributed by atoms with Crippen LogP contribution in [0.5, 0.6) is 0 Å². The molecule has 0 amide bonds. The highest BCUT2D eigenvalue weighted by Crippen LogP contribution is 2.49. The van der Waals surface area contributed by atoms with Gasteiger partial charge in [0.25, 0.3) is 0 Å². The Balaban J connectivity index is 2.65. The van der Waals surface area contributed by atoms with Crippen molar-refractivity contribution in [3.05, 3.63) is 36.5 Å². The Labute approximate surface area is 394 Å². The number of esters is 2. The molecule has 19 heteroatoms. The molecular weight excluding hydrogens is 898 g/mol. The zero-order chi connectivity index (χ0) is 49.1. The molecule has 0 aromatic rings. The van der Waals surface area contributed by atoms with Crippen LogP contribution in [-0.2, 0) is 41.8 Å². The molecule has 1 aliphatic carbocycles. The van der Waals surface area contributed by atoms with Crippen molar-refractivity contribution in [2.45, 2.75) is 236 Å². The Morgan fingerprint density at radius 3 is 1.61 bits per heavy atom. The topological polar surface area (TPSA) is 276 Å². The maximum Gasteiger partial charge on any atom is 0.472 e. The van der Waals surface area contributed by atoms with Gasteiger partial charge >= 0.3 is 27.6 Å². The molecule has 0 aromatic heterocycles. The number of rotatable bonds is 41. The summed E-state index contributed by atoms with van der Waals surface area (Å²) in [5.74, 6) is -1.40. The Morgan fingerprint density at radius 2 is 1.06 bits per heavy atom. The number of aliphatic hydroxyl groups is 5. The van der Waals surface area contributed by atoms with Gasteiger partial charge in [-0.05, 0) is 38.5 Å². The minimum atomic E-state index is -5.38. The van der Waals surface area contributed by atoms with Gasteiger partial charge in [-0.15, -0.1) is 0 Å². The Hall–Kier alpha value is -1.82. The summed E-state index contributed by atoms with van der Waals surface area (Å²) in [6.07, 6.45) is 22.6. The molecule has 0 aromatic carbocycles. The van der Waals surface area contributed by atoms with Crippen molar-refractivity contribution in [1.29, 1.82) is 0 Å². The first-order chi connectivity index (χ1) is 31.5. The molecule has 9 atom stereocenters. The zero-order valence-corrected chi connectivity index (χ0v) is 41.5. The maximum atomic E-state index is 13.0. The Kier molecular flexibility index (Phi) is 35.8. The van der Waals surface area contributed by atoms with Crippen molar-refractivity contribution in [2.75, 3.05) is 13.2 Å². The molecule has 66 heavy (non-hydrogen) atoms. The van der Waals surface area contributed by atoms with Gasteiger partial charge in [0.2, 0.25) is 0 Å². The van der Waals surface area contributed by atoms with E-state index in [0.717, 1.165) is 38.5 Å². The molecule has 6 unspecified atom stereocenters. The second-order valence-electron chi connectivity index (χ2n) is 17.4. The van der Waals surface area contributed by atoms with Crippen LogP contribution in [0.25, 0.3) is 0 Å². The van der Waals surface area contributed by atoms with Gasteiger partial charge in [-0.2, -0.15) is 0 Å². The second kappa shape index (κ2) is 38.0. The molecule has 0 saturated heterocycles. The Bertz CT molecular complexity index is 1440. The summed E-state index contributed by atoms with van der Waals surface area (Å²) >= 11 is 0. The van der Waals surface area contributed by atoms with E-state index in [-0.39, 0.29) is 25.7 Å². The molecule has 0 aliphatic heterocycles. The monoisotopic (exact) mass is 985 g/mol. The number of phosphoric acid groups is 2. The first-order valence-corrected chi connectivity index (χ1v) is 27.7. The van der Waals surface area contributed by atoms with E-state index < -0.39 is 89.6 Å². The predicted molar refractivity (Wildman–Crippen MR) is 252 cm³/mol. The molecule has 8 N–H and O–H groups in total. The largest absolute Gasteiger partial charge is 0.472 e. The van der Waals surface area contributed by atoms with E-state index in [2.05, 4.69) is 30.5 Å². The third-order valence-electron chi connectivity index (χ3n) is 11.3. The fourth-order valence-electron chi connectivity index (χ4n) is 7.45. The van der Waals surface area contributed by atoms with Gasteiger partial charge in [0, 0.05) is 12.8 Å². The van der Waals surface area contributed by atoms with Gasteiger partial charge in [-0.1, -0.05) is 172 Å². The molecule has 386 valence electrons. The van der Waals surface area contributed by atoms with Gasteiger partial charge in [-0.3, -0.25) is 23.2 Å². The SMILES string of the molecule is CCCCCCCC/C=C/C/C=C/C=C/C(O)CCCC(=O)OC[C@H](COP(=O)(O)O[C@H]1C(O)C(O)C(O)[C@@H](OP(=O)(O)O)C1O)OC(=O)CCCCCCCCCCCCCCCCC. The van der Waals surface area contributed by atoms with Crippen molar-refractivity contribution < 1.29 is 82.0 Å². The number of hydrogen-bond donors (Lipinski definition) is 8. The molecule has 0 radical (unpaired) electrons. The van der Waals surface area contributed by atoms with Gasteiger partial charge in [0.05, 0.1) is 12.7 Å². The summed E-state index contributed by atoms with van der Waals surface area (Å²) in [5, 5.41) is 51.6. The Morgan fingerprint density at radius 1 is 0.561 bits per heavy atom. The number of hydrogen-bond acceptors (Lipinski definition) is 14. The first kappa shape index (κ1) is 62.2. The van der Waals surface area contributed by atoms with E-state index in [1.54, 1.807) is 12.2 Å². The molecule has 0 heterocycles. The van der Waals surface area contributed by atoms with Gasteiger partial charge in [0.15, 0.2) is 6.10 Å². The van der Waals surface area contributed by atoms with Crippen LogP contribution in [0.4, 0.5) is 0 Å². The summed E-state index contributed by atoms with van der Waals surface area (Å²) in [6, 6.07) is 0. The minimum Gasteiger partial charge on any atom is -0.462 e. The average molecular weight is 985 g/mol. The summed E-state index contributed by atoms with van der Waals surface area (Å²) < 4.78 is 49.3. The van der Waals surface area contributed by atoms with Crippen molar-refractivity contribution in [2.24, 2.45) is 0 Å². The molecule has 0 bridgehead atoms. The normalized spacial score (nSPS) is 22.3. The fraction of sp³-hybridized carbons (Fsp3) is 0.830. The quantitative estimate of drug-likeness (QED) is 0.00937. The molecular formula is C47H86O17P2. The summed E-state index contributed by atoms with van der Waals surface area (Å²) in [6.45, 7) is 2.95. The van der Waals surface area contributed by atoms with Crippen LogP contribution in [-0.4, -0.2) is 114 Å². The minimum absolute atomic E-state index is 0.00811. The number of unbranched alkanes of at least 4 members (excludes halogenated alkanes) is 20. The number of aliphatic hydroxyl groups excluding tert-OH is 5. The fourth-order valence-corrected chi connectivity index (χ4v) is 8.99. The van der Waals surface area contributed by atoms with Gasteiger partial charge in [-0.25, -0.2) is 9.13 Å². The number of carbonyl (C=O) groups is 2. The molecule has 0 spiro atoms. The van der Waals surface area contributed by atoms with Crippen molar-refractivity contribution in [1.82, 2.24) is 0 Å². The predicted octanol–water partition coefficient (Wildman–Crippen LogP) is 8.48. The van der Waals surface area contributed by atoms with E-state index in [0.29, 0.717) is 6.42 Å². The van der Waals surface area contributed by atoms with E-state index in [1.807, 2.05) is 12.2 Å². The number of ether oxygens (including phenoxy) is 2. The summed E-state index contributed by atoms with van der Waals surface area (Å²) in [7, 11) is -10.7. The van der Waals surface area contributed by atoms with Crippen LogP contribution in [0.1, 0.15) is 187 Å². The average Bonchev–Trinajstić information content (AvgIpc) is 3.26. The first-order valence-electron chi connectivity index (χ1n) is 24.6. The van der Waals surface area contributed by atoms with Crippen LogP contribution >= 0.6 is 15.6 Å². The van der Waals surface area contributed by atoms with E-state index >= 15 is 0 Å². The lowest BCUT2D eigenvalue weighted by molar-refractivity contribution is -0.216. The van der Waals surface area contributed by atoms with E-state index in [1.165, 1.54) is 103 Å². The number of phosphoric ester groups is 2. The maximum absolute atomic E-state index is 13.0. The van der Waals surface area contributed by atoms with Crippen LogP contribution in [0.3, 0.4) is 0 Å². The van der Waals surface area contributed by atoms with Gasteiger partial charge in [0.1, 0.15) is 43.2 Å². The zero-order valence-electron chi connectivity index (χ0n) is 39.7. The number of carbonyl (C=O) groups excluding carboxylic acids is 2. The van der Waals surface area contributed by atoms with Gasteiger partial charge < -0.3 is 49.7 Å². The van der Waals surface area contributed by atoms with Crippen LogP contribution in [0, 0.1) is 0 Å². The molecule has 17 nitrogen and oxygen atoms in total. The molecule has 1 saturated carbocycles. The molecule has 1 fully saturated rings. The van der Waals surface area contributed by atoms with E-state index in [9.17, 15) is 58.9 Å². The van der Waals surface area contributed by atoms with Crippen LogP contribution in [0.2, 0.25) is 0 Å². The molecule has 1 rings (SSSR count). The third-order valence-corrected chi connectivity index (χ3v) is 12.8. The van der Waals surface area contributed by atoms with Crippen LogP contribution in [0.15, 0.2) is 36.5 Å². The second-order valence-corrected chi connectivity index (χ2v) is 20.0. The summed E-state index contributed by atoms with van der Waals surface area (Å²) in [4.78, 5) is 54.3. The van der Waals surface area contributed by atoms with E-state index in [4.69, 9.17) is 18.5 Å². The lowest BCUT2D eigenvalue weighted by Crippen LogP contribution is -2.64. The number of allylic oxidation sites excluding steroid dienone is 5. The smallest absolute Gasteiger partial charge is 0.462 e. The lowest BCUT2D eigenvalue weighted by Gasteiger charge is -2.43. The van der Waals surface area contributed by atoms with Crippen molar-refractivity contribution in [3.63, 3.8) is 0 Å². The van der Waals surface area contributed by atoms with Crippen molar-refractivity contribution >= 4 is 27.6 Å². The highest BCUT2D eigenvalue weighted by Gasteiger charge is 2.54.